The van der Waals surface area contributed by atoms with Gasteiger partial charge in [0.05, 0.1) is 24.1 Å². The van der Waals surface area contributed by atoms with E-state index in [-0.39, 0.29) is 18.2 Å². The van der Waals surface area contributed by atoms with E-state index >= 15 is 0 Å². The van der Waals surface area contributed by atoms with Gasteiger partial charge in [-0.2, -0.15) is 0 Å². The van der Waals surface area contributed by atoms with Crippen molar-refractivity contribution in [1.29, 1.82) is 0 Å². The van der Waals surface area contributed by atoms with Gasteiger partial charge >= 0.3 is 6.09 Å². The minimum atomic E-state index is -0.457. The summed E-state index contributed by atoms with van der Waals surface area (Å²) in [5.74, 6) is 0. The summed E-state index contributed by atoms with van der Waals surface area (Å²) in [5, 5.41) is 3.52. The van der Waals surface area contributed by atoms with Crippen LogP contribution in [0.2, 0.25) is 0 Å². The molecule has 2 aliphatic heterocycles. The fourth-order valence-electron chi connectivity index (χ4n) is 3.25. The number of imidazole rings is 1. The Bertz CT molecular complexity index is 520. The van der Waals surface area contributed by atoms with E-state index in [1.165, 1.54) is 5.69 Å². The topological polar surface area (TPSA) is 70.2 Å². The Kier molecular flexibility index (Phi) is 3.65. The maximum absolute atomic E-state index is 12.4. The molecule has 1 fully saturated rings. The first-order valence-corrected chi connectivity index (χ1v) is 7.71. The molecule has 6 heteroatoms. The van der Waals surface area contributed by atoms with E-state index < -0.39 is 5.60 Å². The predicted octanol–water partition coefficient (Wildman–Crippen LogP) is 2.00. The fourth-order valence-corrected chi connectivity index (χ4v) is 3.25. The third-order valence-corrected chi connectivity index (χ3v) is 4.10. The number of rotatable bonds is 1. The van der Waals surface area contributed by atoms with Crippen LogP contribution in [0.15, 0.2) is 6.33 Å². The Balaban J connectivity index is 1.78. The summed E-state index contributed by atoms with van der Waals surface area (Å²) < 4.78 is 5.54. The Morgan fingerprint density at radius 2 is 2.29 bits per heavy atom. The lowest BCUT2D eigenvalue weighted by atomic mass is 9.97. The molecule has 2 unspecified atom stereocenters. The number of aromatic amines is 1. The fraction of sp³-hybridized carbons (Fsp3) is 0.733. The molecule has 0 radical (unpaired) electrons. The molecule has 3 heterocycles. The summed E-state index contributed by atoms with van der Waals surface area (Å²) >= 11 is 0. The molecule has 2 aliphatic rings. The van der Waals surface area contributed by atoms with Crippen molar-refractivity contribution in [3.63, 3.8) is 0 Å². The zero-order valence-electron chi connectivity index (χ0n) is 13.0. The predicted molar refractivity (Wildman–Crippen MR) is 79.0 cm³/mol. The van der Waals surface area contributed by atoms with Gasteiger partial charge in [-0.25, -0.2) is 9.78 Å². The number of amides is 1. The minimum absolute atomic E-state index is 0.106. The van der Waals surface area contributed by atoms with Crippen LogP contribution in [0.25, 0.3) is 0 Å². The number of H-pyrrole nitrogens is 1. The number of likely N-dealkylation sites (tertiary alicyclic amines) is 1. The van der Waals surface area contributed by atoms with Crippen LogP contribution >= 0.6 is 0 Å². The van der Waals surface area contributed by atoms with E-state index in [0.29, 0.717) is 0 Å². The molecule has 0 aromatic carbocycles. The van der Waals surface area contributed by atoms with Crippen LogP contribution < -0.4 is 5.32 Å². The Hall–Kier alpha value is -1.56. The zero-order chi connectivity index (χ0) is 15.0. The van der Waals surface area contributed by atoms with Crippen LogP contribution in [0, 0.1) is 0 Å². The second kappa shape index (κ2) is 5.33. The van der Waals surface area contributed by atoms with E-state index in [4.69, 9.17) is 4.74 Å². The van der Waals surface area contributed by atoms with Gasteiger partial charge in [0, 0.05) is 25.2 Å². The van der Waals surface area contributed by atoms with Gasteiger partial charge in [-0.15, -0.1) is 0 Å². The number of hydrogen-bond donors (Lipinski definition) is 2. The number of carbonyl (C=O) groups is 1. The zero-order valence-corrected chi connectivity index (χ0v) is 13.0. The highest BCUT2D eigenvalue weighted by molar-refractivity contribution is 5.69. The molecule has 6 nitrogen and oxygen atoms in total. The molecule has 1 amide bonds. The maximum Gasteiger partial charge on any atom is 0.410 e. The van der Waals surface area contributed by atoms with Gasteiger partial charge in [0.25, 0.3) is 0 Å². The molecule has 2 N–H and O–H groups in total. The smallest absolute Gasteiger partial charge is 0.410 e. The second-order valence-corrected chi connectivity index (χ2v) is 6.83. The van der Waals surface area contributed by atoms with Crippen LogP contribution in [0.5, 0.6) is 0 Å². The lowest BCUT2D eigenvalue weighted by molar-refractivity contribution is 0.0191. The molecule has 2 atom stereocenters. The third-order valence-electron chi connectivity index (χ3n) is 4.10. The van der Waals surface area contributed by atoms with Crippen molar-refractivity contribution in [2.75, 3.05) is 13.1 Å². The van der Waals surface area contributed by atoms with Gasteiger partial charge in [-0.1, -0.05) is 0 Å². The first kappa shape index (κ1) is 14.4. The molecule has 21 heavy (non-hydrogen) atoms. The summed E-state index contributed by atoms with van der Waals surface area (Å²) in [6.07, 6.45) is 4.50. The molecule has 3 rings (SSSR count). The molecule has 1 aromatic rings. The number of carbonyl (C=O) groups excluding carboxylic acids is 1. The highest BCUT2D eigenvalue weighted by Crippen LogP contribution is 2.32. The first-order chi connectivity index (χ1) is 9.96. The first-order valence-electron chi connectivity index (χ1n) is 7.71. The lowest BCUT2D eigenvalue weighted by Gasteiger charge is -2.35. The summed E-state index contributed by atoms with van der Waals surface area (Å²) in [6, 6.07) is 0.234. The average Bonchev–Trinajstić information content (AvgIpc) is 3.05. The number of fused-ring (bicyclic) bond motifs is 1. The van der Waals surface area contributed by atoms with Crippen molar-refractivity contribution < 1.29 is 9.53 Å². The van der Waals surface area contributed by atoms with Gasteiger partial charge in [0.1, 0.15) is 5.60 Å². The van der Waals surface area contributed by atoms with Crippen LogP contribution in [-0.2, 0) is 11.2 Å². The second-order valence-electron chi connectivity index (χ2n) is 6.83. The van der Waals surface area contributed by atoms with Gasteiger partial charge in [-0.05, 0) is 33.6 Å². The van der Waals surface area contributed by atoms with Crippen LogP contribution in [0.1, 0.15) is 51.0 Å². The van der Waals surface area contributed by atoms with Crippen LogP contribution in [0.4, 0.5) is 4.79 Å². The molecule has 1 aromatic heterocycles. The van der Waals surface area contributed by atoms with Crippen LogP contribution in [-0.4, -0.2) is 45.7 Å². The molecular weight excluding hydrogens is 268 g/mol. The average molecular weight is 292 g/mol. The summed E-state index contributed by atoms with van der Waals surface area (Å²) in [6.45, 7) is 7.39. The lowest BCUT2D eigenvalue weighted by Crippen LogP contribution is -2.47. The van der Waals surface area contributed by atoms with Crippen molar-refractivity contribution in [3.8, 4) is 0 Å². The maximum atomic E-state index is 12.4. The Labute approximate surface area is 125 Å². The molecule has 1 saturated heterocycles. The molecule has 0 spiro atoms. The Morgan fingerprint density at radius 3 is 3.05 bits per heavy atom. The van der Waals surface area contributed by atoms with Gasteiger partial charge in [0.15, 0.2) is 0 Å². The number of nitrogens with one attached hydrogen (secondary N) is 2. The monoisotopic (exact) mass is 292 g/mol. The molecule has 0 saturated carbocycles. The number of aromatic nitrogens is 2. The molecule has 116 valence electrons. The van der Waals surface area contributed by atoms with E-state index in [1.807, 2.05) is 25.7 Å². The molecule has 0 bridgehead atoms. The Morgan fingerprint density at radius 1 is 1.48 bits per heavy atom. The highest BCUT2D eigenvalue weighted by atomic mass is 16.6. The minimum Gasteiger partial charge on any atom is -0.444 e. The molecular formula is C15H24N4O2. The largest absolute Gasteiger partial charge is 0.444 e. The van der Waals surface area contributed by atoms with E-state index in [9.17, 15) is 4.79 Å². The SMILES string of the molecule is CC(C)(C)OC(=O)N1CCCC1C1NCCc2[nH]cnc21. The highest BCUT2D eigenvalue weighted by Gasteiger charge is 2.40. The summed E-state index contributed by atoms with van der Waals surface area (Å²) in [4.78, 5) is 21.9. The van der Waals surface area contributed by atoms with Crippen molar-refractivity contribution in [2.45, 2.75) is 57.7 Å². The quantitative estimate of drug-likeness (QED) is 0.830. The number of ether oxygens (including phenoxy) is 1. The van der Waals surface area contributed by atoms with Gasteiger partial charge in [-0.3, -0.25) is 0 Å². The normalized spacial score (nSPS) is 25.8. The number of hydrogen-bond acceptors (Lipinski definition) is 4. The van der Waals surface area contributed by atoms with Crippen molar-refractivity contribution in [1.82, 2.24) is 20.2 Å². The van der Waals surface area contributed by atoms with Crippen molar-refractivity contribution in [3.05, 3.63) is 17.7 Å². The van der Waals surface area contributed by atoms with Crippen molar-refractivity contribution >= 4 is 6.09 Å². The van der Waals surface area contributed by atoms with Gasteiger partial charge in [0.2, 0.25) is 0 Å². The third kappa shape index (κ3) is 2.90. The van der Waals surface area contributed by atoms with Gasteiger partial charge < -0.3 is 19.9 Å². The van der Waals surface area contributed by atoms with E-state index in [1.54, 1.807) is 6.33 Å². The van der Waals surface area contributed by atoms with E-state index in [0.717, 1.165) is 38.0 Å². The van der Waals surface area contributed by atoms with Crippen LogP contribution in [0.3, 0.4) is 0 Å². The van der Waals surface area contributed by atoms with Crippen molar-refractivity contribution in [2.24, 2.45) is 0 Å². The molecule has 0 aliphatic carbocycles. The van der Waals surface area contributed by atoms with E-state index in [2.05, 4.69) is 15.3 Å². The standard InChI is InChI=1S/C15H24N4O2/c1-15(2,3)21-14(20)19-8-4-5-11(19)13-12-10(6-7-16-13)17-9-18-12/h9,11,13,16H,4-8H2,1-3H3,(H,17,18). The summed E-state index contributed by atoms with van der Waals surface area (Å²) in [5.41, 5.74) is 1.79. The number of nitrogens with zero attached hydrogens (tertiary/aromatic N) is 2. The summed E-state index contributed by atoms with van der Waals surface area (Å²) in [7, 11) is 0.